The van der Waals surface area contributed by atoms with Crippen LogP contribution in [0.2, 0.25) is 0 Å². The fourth-order valence-corrected chi connectivity index (χ4v) is 2.34. The van der Waals surface area contributed by atoms with Crippen molar-refractivity contribution in [2.75, 3.05) is 5.32 Å². The summed E-state index contributed by atoms with van der Waals surface area (Å²) in [5, 5.41) is 21.0. The summed E-state index contributed by atoms with van der Waals surface area (Å²) in [7, 11) is 0. The second-order valence-corrected chi connectivity index (χ2v) is 4.91. The molecule has 0 heterocycles. The van der Waals surface area contributed by atoms with E-state index >= 15 is 0 Å². The molecular formula is C16H16N3O2+. The number of carbonyl (C=O) groups is 1. The number of carboxylic acid groups (broad SMARTS) is 1. The van der Waals surface area contributed by atoms with Gasteiger partial charge in [-0.25, -0.2) is 4.79 Å². The molecule has 2 N–H and O–H groups in total. The van der Waals surface area contributed by atoms with Crippen LogP contribution in [0.5, 0.6) is 0 Å². The molecule has 2 rings (SSSR count). The second kappa shape index (κ2) is 6.06. The zero-order valence-electron chi connectivity index (χ0n) is 11.9. The molecule has 0 atom stereocenters. The van der Waals surface area contributed by atoms with Crippen molar-refractivity contribution in [1.82, 2.24) is 0 Å². The Hall–Kier alpha value is -2.87. The van der Waals surface area contributed by atoms with E-state index in [9.17, 15) is 4.79 Å². The number of hydrogen-bond acceptors (Lipinski definition) is 3. The van der Waals surface area contributed by atoms with Gasteiger partial charge in [0.25, 0.3) is 0 Å². The molecule has 5 heteroatoms. The van der Waals surface area contributed by atoms with Crippen molar-refractivity contribution in [3.8, 4) is 0 Å². The van der Waals surface area contributed by atoms with Crippen LogP contribution in [-0.2, 0) is 6.54 Å². The smallest absolute Gasteiger partial charge is 0.385 e. The maximum Gasteiger partial charge on any atom is 0.385 e. The minimum absolute atomic E-state index is 0.368. The first kappa shape index (κ1) is 14.5. The molecule has 5 nitrogen and oxygen atoms in total. The average Bonchev–Trinajstić information content (AvgIpc) is 2.44. The van der Waals surface area contributed by atoms with Crippen LogP contribution >= 0.6 is 0 Å². The van der Waals surface area contributed by atoms with Crippen molar-refractivity contribution < 1.29 is 9.90 Å². The molecule has 0 aliphatic heterocycles. The summed E-state index contributed by atoms with van der Waals surface area (Å²) in [6.45, 7) is 4.20. The van der Waals surface area contributed by atoms with E-state index in [1.54, 1.807) is 26.0 Å². The van der Waals surface area contributed by atoms with Gasteiger partial charge in [-0.15, -0.1) is 0 Å². The molecule has 0 amide bonds. The summed E-state index contributed by atoms with van der Waals surface area (Å²) in [6, 6.07) is 10.8. The molecule has 0 radical (unpaired) electrons. The Morgan fingerprint density at radius 3 is 2.24 bits per heavy atom. The molecule has 0 aliphatic carbocycles. The average molecular weight is 282 g/mol. The predicted molar refractivity (Wildman–Crippen MR) is 81.4 cm³/mol. The molecule has 0 spiro atoms. The van der Waals surface area contributed by atoms with E-state index in [1.807, 2.05) is 24.3 Å². The van der Waals surface area contributed by atoms with Crippen LogP contribution in [-0.4, -0.2) is 11.1 Å². The van der Waals surface area contributed by atoms with Crippen LogP contribution < -0.4 is 5.32 Å². The largest absolute Gasteiger partial charge is 0.478 e. The van der Waals surface area contributed by atoms with E-state index in [0.717, 1.165) is 22.4 Å². The van der Waals surface area contributed by atoms with Gasteiger partial charge in [0.05, 0.1) is 5.56 Å². The summed E-state index contributed by atoms with van der Waals surface area (Å²) in [5.41, 5.74) is 4.30. The number of hydrogen-bond donors (Lipinski definition) is 2. The maximum atomic E-state index is 11.1. The molecule has 0 bridgehead atoms. The highest BCUT2D eigenvalue weighted by atomic mass is 16.4. The first-order chi connectivity index (χ1) is 10.0. The van der Waals surface area contributed by atoms with Crippen LogP contribution in [0.25, 0.3) is 4.98 Å². The molecule has 2 aromatic carbocycles. The molecule has 21 heavy (non-hydrogen) atoms. The van der Waals surface area contributed by atoms with Crippen molar-refractivity contribution in [3.63, 3.8) is 0 Å². The van der Waals surface area contributed by atoms with Gasteiger partial charge >= 0.3 is 11.7 Å². The Labute approximate surface area is 122 Å². The van der Waals surface area contributed by atoms with E-state index in [0.29, 0.717) is 17.8 Å². The number of aromatic carboxylic acids is 1. The lowest BCUT2D eigenvalue weighted by molar-refractivity contribution is 0.0695. The van der Waals surface area contributed by atoms with Gasteiger partial charge in [0.2, 0.25) is 5.39 Å². The molecule has 0 aromatic heterocycles. The molecular weight excluding hydrogens is 266 g/mol. The lowest BCUT2D eigenvalue weighted by Gasteiger charge is -2.11. The van der Waals surface area contributed by atoms with Crippen LogP contribution in [0.1, 0.15) is 27.0 Å². The van der Waals surface area contributed by atoms with Crippen LogP contribution in [0.3, 0.4) is 0 Å². The highest BCUT2D eigenvalue weighted by molar-refractivity contribution is 5.91. The zero-order valence-corrected chi connectivity index (χ0v) is 11.9. The Morgan fingerprint density at radius 1 is 1.19 bits per heavy atom. The van der Waals surface area contributed by atoms with Crippen LogP contribution in [0.15, 0.2) is 36.4 Å². The van der Waals surface area contributed by atoms with E-state index in [2.05, 4.69) is 10.3 Å². The minimum Gasteiger partial charge on any atom is -0.478 e. The van der Waals surface area contributed by atoms with Crippen LogP contribution in [0, 0.1) is 19.2 Å². The van der Waals surface area contributed by atoms with Crippen molar-refractivity contribution >= 4 is 17.3 Å². The molecule has 0 aliphatic rings. The van der Waals surface area contributed by atoms with E-state index in [1.165, 1.54) is 0 Å². The predicted octanol–water partition coefficient (Wildman–Crippen LogP) is 4.10. The lowest BCUT2D eigenvalue weighted by atomic mass is 9.99. The first-order valence-corrected chi connectivity index (χ1v) is 6.53. The Morgan fingerprint density at radius 2 is 1.76 bits per heavy atom. The Balaban J connectivity index is 2.13. The van der Waals surface area contributed by atoms with Gasteiger partial charge in [-0.05, 0) is 42.7 Å². The van der Waals surface area contributed by atoms with Gasteiger partial charge in [0.15, 0.2) is 4.98 Å². The first-order valence-electron chi connectivity index (χ1n) is 6.53. The molecule has 0 fully saturated rings. The number of benzene rings is 2. The summed E-state index contributed by atoms with van der Waals surface area (Å²) in [6.07, 6.45) is 0. The highest BCUT2D eigenvalue weighted by Crippen LogP contribution is 2.19. The van der Waals surface area contributed by atoms with Crippen molar-refractivity contribution in [2.24, 2.45) is 0 Å². The number of carboxylic acids is 1. The van der Waals surface area contributed by atoms with Gasteiger partial charge in [0, 0.05) is 24.4 Å². The van der Waals surface area contributed by atoms with Gasteiger partial charge in [0.1, 0.15) is 0 Å². The van der Waals surface area contributed by atoms with Gasteiger partial charge in [-0.1, -0.05) is 12.1 Å². The van der Waals surface area contributed by atoms with Gasteiger partial charge < -0.3 is 10.4 Å². The van der Waals surface area contributed by atoms with Crippen molar-refractivity contribution in [2.45, 2.75) is 20.4 Å². The second-order valence-electron chi connectivity index (χ2n) is 4.91. The minimum atomic E-state index is -0.896. The number of nitrogens with one attached hydrogen (secondary N) is 1. The van der Waals surface area contributed by atoms with Crippen molar-refractivity contribution in [3.05, 3.63) is 63.6 Å². The third-order valence-electron chi connectivity index (χ3n) is 3.29. The normalized spacial score (nSPS) is 9.95. The van der Waals surface area contributed by atoms with E-state index in [4.69, 9.17) is 10.5 Å². The van der Waals surface area contributed by atoms with E-state index in [-0.39, 0.29) is 0 Å². The highest BCUT2D eigenvalue weighted by Gasteiger charge is 2.11. The quantitative estimate of drug-likeness (QED) is 0.828. The van der Waals surface area contributed by atoms with Gasteiger partial charge in [-0.2, -0.15) is 0 Å². The number of anilines is 1. The summed E-state index contributed by atoms with van der Waals surface area (Å²) < 4.78 is 0. The number of rotatable bonds is 4. The SMILES string of the molecule is Cc1cc(CNc2ccc([N+]#N)cc2)cc(C)c1C(=O)O. The number of aryl methyl sites for hydroxylation is 2. The summed E-state index contributed by atoms with van der Waals surface area (Å²) in [5.74, 6) is -0.896. The topological polar surface area (TPSA) is 77.5 Å². The summed E-state index contributed by atoms with van der Waals surface area (Å²) >= 11 is 0. The molecule has 0 saturated heterocycles. The molecule has 0 saturated carbocycles. The number of diazo groups is 1. The van der Waals surface area contributed by atoms with Gasteiger partial charge in [-0.3, -0.25) is 0 Å². The zero-order chi connectivity index (χ0) is 15.4. The molecule has 2 aromatic rings. The molecule has 106 valence electrons. The van der Waals surface area contributed by atoms with Crippen molar-refractivity contribution in [1.29, 1.82) is 5.39 Å². The fourth-order valence-electron chi connectivity index (χ4n) is 2.34. The monoisotopic (exact) mass is 282 g/mol. The van der Waals surface area contributed by atoms with Crippen LogP contribution in [0.4, 0.5) is 11.4 Å². The Bertz CT molecular complexity index is 692. The third kappa shape index (κ3) is 3.37. The number of nitrogens with zero attached hydrogens (tertiary/aromatic N) is 2. The third-order valence-corrected chi connectivity index (χ3v) is 3.29. The summed E-state index contributed by atoms with van der Waals surface area (Å²) in [4.78, 5) is 14.2. The molecule has 0 unspecified atom stereocenters. The maximum absolute atomic E-state index is 11.1. The lowest BCUT2D eigenvalue weighted by Crippen LogP contribution is -2.06. The van der Waals surface area contributed by atoms with E-state index < -0.39 is 5.97 Å². The fraction of sp³-hybridized carbons (Fsp3) is 0.188. The Kier molecular flexibility index (Phi) is 4.19. The standard InChI is InChI=1S/C16H15N3O2/c1-10-7-12(8-11(2)15(10)16(20)21)9-18-13-3-5-14(19-17)6-4-13/h3-8,18H,9H2,1-2H3/p+1.